The van der Waals surface area contributed by atoms with Gasteiger partial charge in [0.1, 0.15) is 0 Å². The Labute approximate surface area is 208 Å². The molecular formula is C21H10O6S6. The van der Waals surface area contributed by atoms with Crippen LogP contribution in [0.15, 0.2) is 39.7 Å². The molecule has 6 rings (SSSR count). The van der Waals surface area contributed by atoms with Crippen molar-refractivity contribution < 1.29 is 29.7 Å². The molecule has 0 saturated heterocycles. The van der Waals surface area contributed by atoms with Gasteiger partial charge >= 0.3 is 17.9 Å². The van der Waals surface area contributed by atoms with Gasteiger partial charge in [-0.1, -0.05) is 0 Å². The fourth-order valence-electron chi connectivity index (χ4n) is 3.27. The van der Waals surface area contributed by atoms with Crippen molar-refractivity contribution in [1.29, 1.82) is 0 Å². The summed E-state index contributed by atoms with van der Waals surface area (Å²) in [6.07, 6.45) is 0. The number of fused-ring (bicyclic) bond motifs is 3. The van der Waals surface area contributed by atoms with Gasteiger partial charge < -0.3 is 15.3 Å². The number of rotatable bonds is 4. The Balaban J connectivity index is 0.000000174. The van der Waals surface area contributed by atoms with Gasteiger partial charge in [-0.3, -0.25) is 0 Å². The maximum atomic E-state index is 11.7. The molecule has 0 amide bonds. The predicted octanol–water partition coefficient (Wildman–Crippen LogP) is 7.96. The molecule has 0 radical (unpaired) electrons. The maximum Gasteiger partial charge on any atom is 0.338 e. The van der Waals surface area contributed by atoms with Crippen LogP contribution in [0, 0.1) is 0 Å². The van der Waals surface area contributed by atoms with E-state index in [0.717, 1.165) is 18.8 Å². The van der Waals surface area contributed by atoms with E-state index in [1.54, 1.807) is 5.38 Å². The molecule has 0 atom stereocenters. The van der Waals surface area contributed by atoms with E-state index in [0.29, 0.717) is 24.7 Å². The highest BCUT2D eigenvalue weighted by Gasteiger charge is 2.28. The summed E-state index contributed by atoms with van der Waals surface area (Å²) in [5.41, 5.74) is 0.859. The Hall–Kier alpha value is -2.61. The molecule has 6 nitrogen and oxygen atoms in total. The van der Waals surface area contributed by atoms with E-state index >= 15 is 0 Å². The summed E-state index contributed by atoms with van der Waals surface area (Å²) in [6.45, 7) is 0. The Morgan fingerprint density at radius 2 is 1.03 bits per heavy atom. The summed E-state index contributed by atoms with van der Waals surface area (Å²) >= 11 is 8.38. The average molecular weight is 551 g/mol. The summed E-state index contributed by atoms with van der Waals surface area (Å²) in [6, 6.07) is 5.69. The van der Waals surface area contributed by atoms with E-state index in [1.165, 1.54) is 68.0 Å². The zero-order valence-electron chi connectivity index (χ0n) is 16.1. The summed E-state index contributed by atoms with van der Waals surface area (Å²) in [5, 5.41) is 35.1. The number of hydrogen-bond acceptors (Lipinski definition) is 9. The zero-order valence-corrected chi connectivity index (χ0v) is 21.0. The summed E-state index contributed by atoms with van der Waals surface area (Å²) < 4.78 is 5.13. The third-order valence-electron chi connectivity index (χ3n) is 4.63. The Morgan fingerprint density at radius 1 is 0.576 bits per heavy atom. The standard InChI is InChI=1S/C14H6O4S4.C7H4O2S2/c15-13(16)7-9-5(1-3-19-9)21-11(7)12-8(14(17)18)10-6(22-12)2-4-20-10;8-7(9)4-3-11-5-1-2-10-6(4)5/h1-4H,(H,15,16)(H,17,18);1-3H,(H,8,9). The highest BCUT2D eigenvalue weighted by molar-refractivity contribution is 7.34. The van der Waals surface area contributed by atoms with Gasteiger partial charge in [0.25, 0.3) is 0 Å². The molecule has 0 aliphatic carbocycles. The van der Waals surface area contributed by atoms with Crippen LogP contribution in [-0.4, -0.2) is 33.2 Å². The van der Waals surface area contributed by atoms with Crippen LogP contribution < -0.4 is 0 Å². The minimum Gasteiger partial charge on any atom is -0.478 e. The van der Waals surface area contributed by atoms with E-state index in [4.69, 9.17) is 5.11 Å². The van der Waals surface area contributed by atoms with E-state index in [2.05, 4.69) is 0 Å². The van der Waals surface area contributed by atoms with E-state index in [9.17, 15) is 24.6 Å². The SMILES string of the molecule is O=C(O)c1c(-c2sc3ccsc3c2C(=O)O)sc2ccsc12.O=C(O)c1csc2ccsc12. The molecule has 0 fully saturated rings. The number of thiophene rings is 6. The summed E-state index contributed by atoms with van der Waals surface area (Å²) in [5.74, 6) is -2.87. The quantitative estimate of drug-likeness (QED) is 0.205. The lowest BCUT2D eigenvalue weighted by atomic mass is 10.1. The molecule has 0 saturated carbocycles. The predicted molar refractivity (Wildman–Crippen MR) is 139 cm³/mol. The van der Waals surface area contributed by atoms with Gasteiger partial charge in [-0.05, 0) is 34.3 Å². The fraction of sp³-hybridized carbons (Fsp3) is 0. The van der Waals surface area contributed by atoms with Crippen molar-refractivity contribution in [3.05, 3.63) is 56.4 Å². The van der Waals surface area contributed by atoms with Crippen molar-refractivity contribution in [2.45, 2.75) is 0 Å². The maximum absolute atomic E-state index is 11.7. The van der Waals surface area contributed by atoms with Crippen LogP contribution in [-0.2, 0) is 0 Å². The molecule has 166 valence electrons. The third kappa shape index (κ3) is 3.78. The van der Waals surface area contributed by atoms with Crippen LogP contribution in [0.25, 0.3) is 38.0 Å². The largest absolute Gasteiger partial charge is 0.478 e. The van der Waals surface area contributed by atoms with Gasteiger partial charge in [0.2, 0.25) is 0 Å². The monoisotopic (exact) mass is 550 g/mol. The molecule has 6 aromatic rings. The summed E-state index contributed by atoms with van der Waals surface area (Å²) in [4.78, 5) is 35.0. The smallest absolute Gasteiger partial charge is 0.338 e. The topological polar surface area (TPSA) is 112 Å². The van der Waals surface area contributed by atoms with Gasteiger partial charge in [-0.2, -0.15) is 0 Å². The van der Waals surface area contributed by atoms with Gasteiger partial charge in [-0.15, -0.1) is 68.0 Å². The number of carboxylic acids is 3. The van der Waals surface area contributed by atoms with Crippen LogP contribution in [0.3, 0.4) is 0 Å². The Kier molecular flexibility index (Phi) is 5.80. The van der Waals surface area contributed by atoms with Crippen LogP contribution in [0.4, 0.5) is 0 Å². The van der Waals surface area contributed by atoms with Crippen LogP contribution in [0.2, 0.25) is 0 Å². The zero-order chi connectivity index (χ0) is 23.3. The molecule has 0 aliphatic heterocycles. The molecule has 0 spiro atoms. The first kappa shape index (κ1) is 22.2. The number of carbonyl (C=O) groups is 3. The molecule has 0 aliphatic rings. The van der Waals surface area contributed by atoms with Crippen molar-refractivity contribution in [1.82, 2.24) is 0 Å². The normalized spacial score (nSPS) is 11.2. The fourth-order valence-corrected chi connectivity index (χ4v) is 10.2. The minimum atomic E-state index is -1.02. The van der Waals surface area contributed by atoms with Crippen molar-refractivity contribution >= 4 is 114 Å². The van der Waals surface area contributed by atoms with Crippen molar-refractivity contribution in [2.75, 3.05) is 0 Å². The van der Waals surface area contributed by atoms with Gasteiger partial charge in [0.05, 0.1) is 40.5 Å². The lowest BCUT2D eigenvalue weighted by Crippen LogP contribution is -1.99. The lowest BCUT2D eigenvalue weighted by Gasteiger charge is -1.99. The second-order valence-electron chi connectivity index (χ2n) is 6.52. The molecule has 33 heavy (non-hydrogen) atoms. The molecule has 12 heteroatoms. The molecule has 0 aromatic carbocycles. The van der Waals surface area contributed by atoms with Crippen LogP contribution >= 0.6 is 68.0 Å². The van der Waals surface area contributed by atoms with E-state index < -0.39 is 17.9 Å². The van der Waals surface area contributed by atoms with Gasteiger partial charge in [0, 0.05) is 19.5 Å². The number of aromatic carboxylic acids is 3. The van der Waals surface area contributed by atoms with Crippen LogP contribution in [0.5, 0.6) is 0 Å². The van der Waals surface area contributed by atoms with Gasteiger partial charge in [-0.25, -0.2) is 14.4 Å². The number of hydrogen-bond donors (Lipinski definition) is 3. The van der Waals surface area contributed by atoms with E-state index in [-0.39, 0.29) is 11.1 Å². The molecular weight excluding hydrogens is 541 g/mol. The second kappa shape index (κ2) is 8.63. The van der Waals surface area contributed by atoms with E-state index in [1.807, 2.05) is 34.3 Å². The molecule has 0 unspecified atom stereocenters. The average Bonchev–Trinajstić information content (AvgIpc) is 3.54. The first-order chi connectivity index (χ1) is 15.9. The molecule has 0 bridgehead atoms. The highest BCUT2D eigenvalue weighted by Crippen LogP contribution is 2.48. The van der Waals surface area contributed by atoms with Crippen molar-refractivity contribution in [3.8, 4) is 9.75 Å². The van der Waals surface area contributed by atoms with Gasteiger partial charge in [0.15, 0.2) is 0 Å². The van der Waals surface area contributed by atoms with Crippen LogP contribution in [0.1, 0.15) is 31.1 Å². The highest BCUT2D eigenvalue weighted by atomic mass is 32.1. The lowest BCUT2D eigenvalue weighted by molar-refractivity contribution is 0.0687. The molecule has 6 heterocycles. The Bertz CT molecular complexity index is 1580. The molecule has 3 N–H and O–H groups in total. The number of carboxylic acid groups (broad SMARTS) is 3. The third-order valence-corrected chi connectivity index (χ3v) is 11.3. The Morgan fingerprint density at radius 3 is 1.48 bits per heavy atom. The van der Waals surface area contributed by atoms with Crippen molar-refractivity contribution in [2.24, 2.45) is 0 Å². The first-order valence-corrected chi connectivity index (χ1v) is 14.2. The second-order valence-corrected chi connectivity index (χ2v) is 12.3. The first-order valence-electron chi connectivity index (χ1n) is 9.01. The minimum absolute atomic E-state index is 0.214. The summed E-state index contributed by atoms with van der Waals surface area (Å²) in [7, 11) is 0. The van der Waals surface area contributed by atoms with Crippen molar-refractivity contribution in [3.63, 3.8) is 0 Å². The molecule has 6 aromatic heterocycles.